The highest BCUT2D eigenvalue weighted by molar-refractivity contribution is 7.24. The molecule has 3 heteroatoms. The maximum absolute atomic E-state index is 2.56. The van der Waals surface area contributed by atoms with Gasteiger partial charge in [-0.3, -0.25) is 0 Å². The Morgan fingerprint density at radius 1 is 0.263 bits per heavy atom. The molecule has 2 aromatic heterocycles. The van der Waals surface area contributed by atoms with E-state index in [1.54, 1.807) is 0 Å². The van der Waals surface area contributed by atoms with Crippen LogP contribution in [0.3, 0.4) is 0 Å². The highest BCUT2D eigenvalue weighted by Gasteiger charge is 2.53. The molecule has 4 heterocycles. The molecule has 13 rings (SSSR count). The molecule has 0 radical (unpaired) electrons. The maximum atomic E-state index is 2.55. The molecular formula is C54H34N2Si. The summed E-state index contributed by atoms with van der Waals surface area (Å²) in [5, 5.41) is 11.1. The van der Waals surface area contributed by atoms with Crippen LogP contribution in [0.25, 0.3) is 88.4 Å². The Bertz CT molecular complexity index is 3410. The number of nitrogens with zero attached hydrogens (tertiary/aromatic N) is 2. The average molecular weight is 739 g/mol. The molecule has 11 aromatic rings. The summed E-state index contributed by atoms with van der Waals surface area (Å²) in [6.45, 7) is 0. The first-order chi connectivity index (χ1) is 28.3. The van der Waals surface area contributed by atoms with Gasteiger partial charge in [-0.1, -0.05) is 146 Å². The van der Waals surface area contributed by atoms with E-state index >= 15 is 0 Å². The van der Waals surface area contributed by atoms with Crippen molar-refractivity contribution >= 4 is 72.4 Å². The van der Waals surface area contributed by atoms with Crippen molar-refractivity contribution in [1.82, 2.24) is 9.13 Å². The normalized spacial score (nSPS) is 13.4. The van der Waals surface area contributed by atoms with E-state index in [1.807, 2.05) is 0 Å². The van der Waals surface area contributed by atoms with Gasteiger partial charge in [-0.05, 0) is 115 Å². The second-order valence-corrected chi connectivity index (χ2v) is 19.3. The lowest BCUT2D eigenvalue weighted by Gasteiger charge is -2.28. The number of hydrogen-bond donors (Lipinski definition) is 0. The van der Waals surface area contributed by atoms with Crippen LogP contribution in [0.2, 0.25) is 0 Å². The number of aromatic nitrogens is 2. The second-order valence-electron chi connectivity index (χ2n) is 15.6. The smallest absolute Gasteiger partial charge is 0.182 e. The summed E-state index contributed by atoms with van der Waals surface area (Å²) in [5.41, 5.74) is 15.3. The monoisotopic (exact) mass is 738 g/mol. The minimum Gasteiger partial charge on any atom is -0.309 e. The molecule has 0 saturated carbocycles. The summed E-state index contributed by atoms with van der Waals surface area (Å²) in [5.74, 6) is 0. The van der Waals surface area contributed by atoms with Crippen molar-refractivity contribution in [3.05, 3.63) is 206 Å². The van der Waals surface area contributed by atoms with Gasteiger partial charge in [0, 0.05) is 32.9 Å². The van der Waals surface area contributed by atoms with Crippen molar-refractivity contribution < 1.29 is 0 Å². The fraction of sp³-hybridized carbons (Fsp3) is 0. The highest BCUT2D eigenvalue weighted by Crippen LogP contribution is 2.40. The van der Waals surface area contributed by atoms with Gasteiger partial charge in [0.15, 0.2) is 8.07 Å². The molecule has 0 bridgehead atoms. The molecule has 0 saturated heterocycles. The first kappa shape index (κ1) is 31.0. The number of benzene rings is 9. The highest BCUT2D eigenvalue weighted by atomic mass is 28.3. The van der Waals surface area contributed by atoms with E-state index in [0.717, 1.165) is 0 Å². The molecule has 0 fully saturated rings. The lowest BCUT2D eigenvalue weighted by atomic mass is 10.0. The Morgan fingerprint density at radius 2 is 0.684 bits per heavy atom. The number of fused-ring (bicyclic) bond motifs is 16. The largest absolute Gasteiger partial charge is 0.309 e. The third-order valence-electron chi connectivity index (χ3n) is 12.9. The minimum absolute atomic E-state index is 1.18. The Balaban J connectivity index is 1.02. The van der Waals surface area contributed by atoms with Gasteiger partial charge in [0.25, 0.3) is 0 Å². The van der Waals surface area contributed by atoms with Crippen LogP contribution in [0, 0.1) is 0 Å². The minimum atomic E-state index is -2.56. The van der Waals surface area contributed by atoms with E-state index in [2.05, 4.69) is 215 Å². The van der Waals surface area contributed by atoms with Crippen molar-refractivity contribution in [1.29, 1.82) is 0 Å². The van der Waals surface area contributed by atoms with Gasteiger partial charge in [0.1, 0.15) is 0 Å². The third kappa shape index (κ3) is 4.03. The summed E-state index contributed by atoms with van der Waals surface area (Å²) in [4.78, 5) is 0. The molecule has 9 aromatic carbocycles. The molecule has 2 nitrogen and oxygen atoms in total. The Labute approximate surface area is 331 Å². The van der Waals surface area contributed by atoms with E-state index in [1.165, 1.54) is 109 Å². The summed E-state index contributed by atoms with van der Waals surface area (Å²) >= 11 is 0. The van der Waals surface area contributed by atoms with Crippen LogP contribution in [0.1, 0.15) is 0 Å². The van der Waals surface area contributed by atoms with Gasteiger partial charge in [-0.2, -0.15) is 0 Å². The lowest BCUT2D eigenvalue weighted by Crippen LogP contribution is -2.70. The first-order valence-electron chi connectivity index (χ1n) is 19.9. The lowest BCUT2D eigenvalue weighted by molar-refractivity contribution is 1.18. The second kappa shape index (κ2) is 11.4. The molecule has 0 N–H and O–H groups in total. The summed E-state index contributed by atoms with van der Waals surface area (Å²) in [7, 11) is -2.56. The van der Waals surface area contributed by atoms with Crippen LogP contribution < -0.4 is 20.7 Å². The fourth-order valence-corrected chi connectivity index (χ4v) is 16.3. The molecule has 2 aliphatic rings. The van der Waals surface area contributed by atoms with E-state index in [-0.39, 0.29) is 0 Å². The van der Waals surface area contributed by atoms with Crippen molar-refractivity contribution in [3.8, 4) is 44.8 Å². The van der Waals surface area contributed by atoms with Crippen LogP contribution in [0.5, 0.6) is 0 Å². The molecule has 0 atom stereocenters. The van der Waals surface area contributed by atoms with Crippen LogP contribution in [0.15, 0.2) is 206 Å². The molecule has 0 amide bonds. The van der Waals surface area contributed by atoms with Crippen molar-refractivity contribution in [2.75, 3.05) is 0 Å². The zero-order valence-electron chi connectivity index (χ0n) is 31.0. The first-order valence-corrected chi connectivity index (χ1v) is 21.9. The van der Waals surface area contributed by atoms with Crippen LogP contribution >= 0.6 is 0 Å². The standard InChI is InChI=1S/C54H34N2Si/c1-2-14-37(15-3-1)55-47-21-9-4-16-39(47)45-32-35(26-30-49(45)55)36-27-31-50-46(33-36)40-17-5-10-22-48(40)56(50)38-28-29-44-43-20-8-13-25-53(43)57(54(44)34-38)51-23-11-6-18-41(51)42-19-7-12-24-52(42)57/h1-34H. The van der Waals surface area contributed by atoms with Crippen molar-refractivity contribution in [2.45, 2.75) is 0 Å². The molecule has 0 aliphatic carbocycles. The summed E-state index contributed by atoms with van der Waals surface area (Å²) in [6, 6.07) is 77.4. The van der Waals surface area contributed by atoms with Gasteiger partial charge in [-0.25, -0.2) is 0 Å². The van der Waals surface area contributed by atoms with E-state index in [0.29, 0.717) is 0 Å². The number of para-hydroxylation sites is 3. The van der Waals surface area contributed by atoms with Gasteiger partial charge in [0.05, 0.1) is 22.1 Å². The zero-order chi connectivity index (χ0) is 37.2. The molecule has 0 unspecified atom stereocenters. The predicted molar refractivity (Wildman–Crippen MR) is 242 cm³/mol. The average Bonchev–Trinajstić information content (AvgIpc) is 3.98. The van der Waals surface area contributed by atoms with Gasteiger partial charge < -0.3 is 9.13 Å². The summed E-state index contributed by atoms with van der Waals surface area (Å²) < 4.78 is 4.89. The van der Waals surface area contributed by atoms with Gasteiger partial charge in [-0.15, -0.1) is 0 Å². The van der Waals surface area contributed by atoms with Crippen LogP contribution in [-0.2, 0) is 0 Å². The molecular weight excluding hydrogens is 705 g/mol. The topological polar surface area (TPSA) is 9.86 Å². The predicted octanol–water partition coefficient (Wildman–Crippen LogP) is 10.9. The van der Waals surface area contributed by atoms with Crippen molar-refractivity contribution in [2.24, 2.45) is 0 Å². The summed E-state index contributed by atoms with van der Waals surface area (Å²) in [6.07, 6.45) is 0. The quantitative estimate of drug-likeness (QED) is 0.160. The molecule has 2 aliphatic heterocycles. The van der Waals surface area contributed by atoms with E-state index in [9.17, 15) is 0 Å². The Hall–Kier alpha value is -7.20. The molecule has 1 spiro atoms. The molecule has 57 heavy (non-hydrogen) atoms. The Kier molecular flexibility index (Phi) is 6.22. The SMILES string of the molecule is c1ccc(-n2c3ccccc3c3cc(-c4ccc5c(c4)c4ccccc4n5-c4ccc5c(c4)[Si]4(c6ccccc6-c6ccccc64)c4ccccc4-5)ccc32)cc1. The van der Waals surface area contributed by atoms with Gasteiger partial charge in [0.2, 0.25) is 0 Å². The van der Waals surface area contributed by atoms with Gasteiger partial charge >= 0.3 is 0 Å². The van der Waals surface area contributed by atoms with E-state index in [4.69, 9.17) is 0 Å². The number of hydrogen-bond acceptors (Lipinski definition) is 0. The number of rotatable bonds is 3. The third-order valence-corrected chi connectivity index (χ3v) is 17.9. The maximum Gasteiger partial charge on any atom is 0.182 e. The van der Waals surface area contributed by atoms with Crippen LogP contribution in [-0.4, -0.2) is 17.2 Å². The van der Waals surface area contributed by atoms with Crippen LogP contribution in [0.4, 0.5) is 0 Å². The Morgan fingerprint density at radius 3 is 1.23 bits per heavy atom. The molecule has 264 valence electrons. The fourth-order valence-electron chi connectivity index (χ4n) is 10.7. The van der Waals surface area contributed by atoms with Crippen molar-refractivity contribution in [3.63, 3.8) is 0 Å². The zero-order valence-corrected chi connectivity index (χ0v) is 32.0. The van der Waals surface area contributed by atoms with E-state index < -0.39 is 8.07 Å².